The summed E-state index contributed by atoms with van der Waals surface area (Å²) < 4.78 is 2.11. The summed E-state index contributed by atoms with van der Waals surface area (Å²) in [5, 5.41) is 3.28. The highest BCUT2D eigenvalue weighted by Crippen LogP contribution is 2.17. The van der Waals surface area contributed by atoms with Gasteiger partial charge in [0.05, 0.1) is 5.69 Å². The summed E-state index contributed by atoms with van der Waals surface area (Å²) in [6.07, 6.45) is 3.12. The molecule has 0 aliphatic heterocycles. The SMILES string of the molecule is CCNc1nc(C)cn1-c1cccc(CC)c1. The minimum atomic E-state index is 0.879. The van der Waals surface area contributed by atoms with Gasteiger partial charge >= 0.3 is 0 Å². The van der Waals surface area contributed by atoms with Crippen LogP contribution in [0.15, 0.2) is 30.5 Å². The highest BCUT2D eigenvalue weighted by molar-refractivity contribution is 5.44. The molecule has 1 aromatic carbocycles. The molecule has 2 rings (SSSR count). The van der Waals surface area contributed by atoms with E-state index in [-0.39, 0.29) is 0 Å². The van der Waals surface area contributed by atoms with Crippen LogP contribution in [0.25, 0.3) is 5.69 Å². The fourth-order valence-electron chi connectivity index (χ4n) is 1.90. The van der Waals surface area contributed by atoms with Crippen molar-refractivity contribution in [2.75, 3.05) is 11.9 Å². The van der Waals surface area contributed by atoms with Gasteiger partial charge in [0.1, 0.15) is 0 Å². The number of imidazole rings is 1. The number of nitrogens with zero attached hydrogens (tertiary/aromatic N) is 2. The Morgan fingerprint density at radius 3 is 2.82 bits per heavy atom. The molecule has 3 nitrogen and oxygen atoms in total. The maximum Gasteiger partial charge on any atom is 0.207 e. The lowest BCUT2D eigenvalue weighted by Crippen LogP contribution is -2.05. The summed E-state index contributed by atoms with van der Waals surface area (Å²) in [4.78, 5) is 4.48. The van der Waals surface area contributed by atoms with Crippen LogP contribution in [0.4, 0.5) is 5.95 Å². The van der Waals surface area contributed by atoms with E-state index >= 15 is 0 Å². The van der Waals surface area contributed by atoms with Gasteiger partial charge in [0, 0.05) is 18.4 Å². The topological polar surface area (TPSA) is 29.9 Å². The lowest BCUT2D eigenvalue weighted by molar-refractivity contribution is 1.01. The molecule has 1 aromatic heterocycles. The van der Waals surface area contributed by atoms with Crippen molar-refractivity contribution in [2.45, 2.75) is 27.2 Å². The predicted octanol–water partition coefficient (Wildman–Crippen LogP) is 3.17. The average molecular weight is 229 g/mol. The third-order valence-corrected chi connectivity index (χ3v) is 2.76. The number of benzene rings is 1. The molecule has 0 radical (unpaired) electrons. The Morgan fingerprint density at radius 2 is 2.12 bits per heavy atom. The fourth-order valence-corrected chi connectivity index (χ4v) is 1.90. The van der Waals surface area contributed by atoms with Crippen molar-refractivity contribution < 1.29 is 0 Å². The molecule has 0 aliphatic carbocycles. The van der Waals surface area contributed by atoms with Crippen LogP contribution in [-0.2, 0) is 6.42 Å². The second-order valence-corrected chi connectivity index (χ2v) is 4.13. The standard InChI is InChI=1S/C14H19N3/c1-4-12-7-6-8-13(9-12)17-10-11(3)16-14(17)15-5-2/h6-10H,4-5H2,1-3H3,(H,15,16). The molecule has 1 N–H and O–H groups in total. The first-order valence-electron chi connectivity index (χ1n) is 6.13. The largest absolute Gasteiger partial charge is 0.356 e. The minimum absolute atomic E-state index is 0.879. The number of aryl methyl sites for hydroxylation is 2. The molecule has 1 heterocycles. The Labute approximate surface area is 103 Å². The summed E-state index contributed by atoms with van der Waals surface area (Å²) in [6.45, 7) is 7.14. The summed E-state index contributed by atoms with van der Waals surface area (Å²) in [5.74, 6) is 0.915. The van der Waals surface area contributed by atoms with E-state index in [1.807, 2.05) is 6.92 Å². The number of anilines is 1. The zero-order chi connectivity index (χ0) is 12.3. The summed E-state index contributed by atoms with van der Waals surface area (Å²) in [7, 11) is 0. The molecule has 0 bridgehead atoms. The molecule has 90 valence electrons. The molecular formula is C14H19N3. The minimum Gasteiger partial charge on any atom is -0.356 e. The summed E-state index contributed by atoms with van der Waals surface area (Å²) in [5.41, 5.74) is 3.54. The smallest absolute Gasteiger partial charge is 0.207 e. The van der Waals surface area contributed by atoms with Crippen molar-refractivity contribution in [3.63, 3.8) is 0 Å². The fraction of sp³-hybridized carbons (Fsp3) is 0.357. The van der Waals surface area contributed by atoms with Gasteiger partial charge in [0.2, 0.25) is 5.95 Å². The van der Waals surface area contributed by atoms with Crippen molar-refractivity contribution in [3.8, 4) is 5.69 Å². The van der Waals surface area contributed by atoms with E-state index in [1.54, 1.807) is 0 Å². The molecule has 0 unspecified atom stereocenters. The van der Waals surface area contributed by atoms with Crippen LogP contribution < -0.4 is 5.32 Å². The van der Waals surface area contributed by atoms with Gasteiger partial charge in [0.15, 0.2) is 0 Å². The first-order valence-corrected chi connectivity index (χ1v) is 6.13. The van der Waals surface area contributed by atoms with E-state index in [0.717, 1.165) is 24.6 Å². The second-order valence-electron chi connectivity index (χ2n) is 4.13. The van der Waals surface area contributed by atoms with E-state index in [0.29, 0.717) is 0 Å². The Hall–Kier alpha value is -1.77. The maximum atomic E-state index is 4.48. The van der Waals surface area contributed by atoms with Gasteiger partial charge < -0.3 is 5.32 Å². The number of hydrogen-bond donors (Lipinski definition) is 1. The third kappa shape index (κ3) is 2.49. The van der Waals surface area contributed by atoms with E-state index in [9.17, 15) is 0 Å². The lowest BCUT2D eigenvalue weighted by Gasteiger charge is -2.09. The molecule has 17 heavy (non-hydrogen) atoms. The van der Waals surface area contributed by atoms with Crippen molar-refractivity contribution >= 4 is 5.95 Å². The number of nitrogens with one attached hydrogen (secondary N) is 1. The molecular weight excluding hydrogens is 210 g/mol. The van der Waals surface area contributed by atoms with Gasteiger partial charge in [-0.2, -0.15) is 0 Å². The number of rotatable bonds is 4. The number of hydrogen-bond acceptors (Lipinski definition) is 2. The monoisotopic (exact) mass is 229 g/mol. The van der Waals surface area contributed by atoms with Crippen molar-refractivity contribution in [1.82, 2.24) is 9.55 Å². The summed E-state index contributed by atoms with van der Waals surface area (Å²) in [6, 6.07) is 8.57. The van der Waals surface area contributed by atoms with Gasteiger partial charge in [0.25, 0.3) is 0 Å². The molecule has 0 spiro atoms. The molecule has 3 heteroatoms. The van der Waals surface area contributed by atoms with Crippen molar-refractivity contribution in [2.24, 2.45) is 0 Å². The Morgan fingerprint density at radius 1 is 1.29 bits per heavy atom. The van der Waals surface area contributed by atoms with E-state index < -0.39 is 0 Å². The Kier molecular flexibility index (Phi) is 3.47. The highest BCUT2D eigenvalue weighted by Gasteiger charge is 2.06. The van der Waals surface area contributed by atoms with E-state index in [4.69, 9.17) is 0 Å². The van der Waals surface area contributed by atoms with Gasteiger partial charge in [-0.15, -0.1) is 0 Å². The van der Waals surface area contributed by atoms with Crippen molar-refractivity contribution in [3.05, 3.63) is 41.7 Å². The van der Waals surface area contributed by atoms with Crippen LogP contribution in [0, 0.1) is 6.92 Å². The second kappa shape index (κ2) is 5.04. The van der Waals surface area contributed by atoms with Gasteiger partial charge in [-0.1, -0.05) is 19.1 Å². The van der Waals surface area contributed by atoms with Crippen LogP contribution in [0.5, 0.6) is 0 Å². The molecule has 2 aromatic rings. The third-order valence-electron chi connectivity index (χ3n) is 2.76. The van der Waals surface area contributed by atoms with Gasteiger partial charge in [-0.3, -0.25) is 4.57 Å². The molecule has 0 amide bonds. The Balaban J connectivity index is 2.43. The van der Waals surface area contributed by atoms with Crippen LogP contribution in [-0.4, -0.2) is 16.1 Å². The number of aromatic nitrogens is 2. The van der Waals surface area contributed by atoms with Crippen LogP contribution in [0.2, 0.25) is 0 Å². The normalized spacial score (nSPS) is 10.5. The van der Waals surface area contributed by atoms with Gasteiger partial charge in [-0.05, 0) is 38.0 Å². The first-order chi connectivity index (χ1) is 8.24. The molecule has 0 saturated carbocycles. The predicted molar refractivity (Wildman–Crippen MR) is 71.8 cm³/mol. The lowest BCUT2D eigenvalue weighted by atomic mass is 10.1. The summed E-state index contributed by atoms with van der Waals surface area (Å²) >= 11 is 0. The molecule has 0 saturated heterocycles. The quantitative estimate of drug-likeness (QED) is 0.872. The zero-order valence-electron chi connectivity index (χ0n) is 10.7. The van der Waals surface area contributed by atoms with Crippen molar-refractivity contribution in [1.29, 1.82) is 0 Å². The molecule has 0 aliphatic rings. The molecule has 0 atom stereocenters. The molecule has 0 fully saturated rings. The zero-order valence-corrected chi connectivity index (χ0v) is 10.7. The highest BCUT2D eigenvalue weighted by atomic mass is 15.2. The van der Waals surface area contributed by atoms with Crippen LogP contribution in [0.3, 0.4) is 0 Å². The van der Waals surface area contributed by atoms with E-state index in [2.05, 4.69) is 59.2 Å². The first kappa shape index (κ1) is 11.7. The van der Waals surface area contributed by atoms with Crippen LogP contribution in [0.1, 0.15) is 25.1 Å². The average Bonchev–Trinajstić information content (AvgIpc) is 2.71. The Bertz CT molecular complexity index is 500. The van der Waals surface area contributed by atoms with Crippen LogP contribution >= 0.6 is 0 Å². The van der Waals surface area contributed by atoms with E-state index in [1.165, 1.54) is 11.3 Å². The maximum absolute atomic E-state index is 4.48. The van der Waals surface area contributed by atoms with Gasteiger partial charge in [-0.25, -0.2) is 4.98 Å².